The van der Waals surface area contributed by atoms with E-state index < -0.39 is 16.0 Å². The molecule has 0 radical (unpaired) electrons. The molecule has 0 amide bonds. The van der Waals surface area contributed by atoms with Gasteiger partial charge < -0.3 is 5.11 Å². The van der Waals surface area contributed by atoms with Crippen molar-refractivity contribution in [2.75, 3.05) is 0 Å². The number of carboxylic acids is 1. The summed E-state index contributed by atoms with van der Waals surface area (Å²) >= 11 is 3.30. The number of rotatable bonds is 8. The zero-order valence-electron chi connectivity index (χ0n) is 13.3. The first-order valence-electron chi connectivity index (χ1n) is 8.03. The Morgan fingerprint density at radius 3 is 2.67 bits per heavy atom. The molecule has 0 aliphatic heterocycles. The largest absolute Gasteiger partial charge is 0.481 e. The molecule has 1 saturated carbocycles. The van der Waals surface area contributed by atoms with E-state index in [1.165, 1.54) is 0 Å². The Morgan fingerprint density at radius 1 is 1.29 bits per heavy atom. The van der Waals surface area contributed by atoms with Crippen molar-refractivity contribution in [1.82, 2.24) is 4.72 Å². The number of halogens is 1. The number of benzene rings is 1. The summed E-state index contributed by atoms with van der Waals surface area (Å²) in [5, 5.41) is 8.58. The molecular formula is C17H22BrNO4S. The highest BCUT2D eigenvalue weighted by Crippen LogP contribution is 2.28. The average molecular weight is 416 g/mol. The highest BCUT2D eigenvalue weighted by molar-refractivity contribution is 9.10. The smallest absolute Gasteiger partial charge is 0.303 e. The van der Waals surface area contributed by atoms with Crippen molar-refractivity contribution in [3.63, 3.8) is 0 Å². The van der Waals surface area contributed by atoms with Crippen molar-refractivity contribution in [3.05, 3.63) is 40.9 Å². The second-order valence-corrected chi connectivity index (χ2v) is 8.69. The molecule has 7 heteroatoms. The summed E-state index contributed by atoms with van der Waals surface area (Å²) in [7, 11) is -3.48. The third kappa shape index (κ3) is 6.03. The van der Waals surface area contributed by atoms with Crippen LogP contribution in [0.2, 0.25) is 0 Å². The van der Waals surface area contributed by atoms with Crippen LogP contribution in [0, 0.1) is 5.92 Å². The van der Waals surface area contributed by atoms with E-state index in [1.807, 2.05) is 6.08 Å². The minimum atomic E-state index is -3.48. The van der Waals surface area contributed by atoms with E-state index in [4.69, 9.17) is 5.11 Å². The Bertz CT molecular complexity index is 685. The number of carboxylic acid groups (broad SMARTS) is 1. The third-order valence-corrected chi connectivity index (χ3v) is 6.15. The number of hydrogen-bond acceptors (Lipinski definition) is 3. The van der Waals surface area contributed by atoms with Gasteiger partial charge in [0.1, 0.15) is 0 Å². The van der Waals surface area contributed by atoms with Crippen LogP contribution in [0.1, 0.15) is 38.5 Å². The van der Waals surface area contributed by atoms with Gasteiger partial charge in [-0.1, -0.05) is 28.1 Å². The van der Waals surface area contributed by atoms with E-state index in [2.05, 4.69) is 26.7 Å². The van der Waals surface area contributed by atoms with E-state index in [-0.39, 0.29) is 17.4 Å². The topological polar surface area (TPSA) is 83.5 Å². The molecule has 2 rings (SSSR count). The summed E-state index contributed by atoms with van der Waals surface area (Å²) in [6.07, 6.45) is 8.23. The Hall–Kier alpha value is -1.18. The van der Waals surface area contributed by atoms with Crippen LogP contribution in [0.15, 0.2) is 45.8 Å². The monoisotopic (exact) mass is 415 g/mol. The molecule has 5 nitrogen and oxygen atoms in total. The normalized spacial score (nSPS) is 21.4. The highest BCUT2D eigenvalue weighted by Gasteiger charge is 2.27. The molecule has 0 aromatic heterocycles. The summed E-state index contributed by atoms with van der Waals surface area (Å²) in [5.41, 5.74) is 0. The molecule has 1 fully saturated rings. The molecule has 1 aromatic rings. The molecule has 0 saturated heterocycles. The van der Waals surface area contributed by atoms with Gasteiger partial charge in [-0.25, -0.2) is 13.1 Å². The fourth-order valence-corrected chi connectivity index (χ4v) is 4.41. The number of nitrogens with one attached hydrogen (secondary N) is 1. The molecule has 132 valence electrons. The Labute approximate surface area is 151 Å². The van der Waals surface area contributed by atoms with Gasteiger partial charge >= 0.3 is 5.97 Å². The van der Waals surface area contributed by atoms with Crippen LogP contribution in [0.4, 0.5) is 0 Å². The van der Waals surface area contributed by atoms with Crippen LogP contribution < -0.4 is 4.72 Å². The van der Waals surface area contributed by atoms with Crippen LogP contribution in [0.3, 0.4) is 0 Å². The lowest BCUT2D eigenvalue weighted by atomic mass is 10.1. The van der Waals surface area contributed by atoms with Gasteiger partial charge in [-0.15, -0.1) is 0 Å². The van der Waals surface area contributed by atoms with Gasteiger partial charge in [-0.3, -0.25) is 4.79 Å². The maximum absolute atomic E-state index is 12.4. The first kappa shape index (κ1) is 19.1. The minimum Gasteiger partial charge on any atom is -0.481 e. The average Bonchev–Trinajstić information content (AvgIpc) is 2.93. The lowest BCUT2D eigenvalue weighted by Crippen LogP contribution is -2.32. The lowest BCUT2D eigenvalue weighted by Gasteiger charge is -2.13. The van der Waals surface area contributed by atoms with E-state index in [0.29, 0.717) is 12.3 Å². The van der Waals surface area contributed by atoms with Crippen molar-refractivity contribution in [3.8, 4) is 0 Å². The second kappa shape index (κ2) is 8.78. The number of sulfonamides is 1. The van der Waals surface area contributed by atoms with E-state index in [9.17, 15) is 13.2 Å². The molecule has 1 aliphatic carbocycles. The lowest BCUT2D eigenvalue weighted by molar-refractivity contribution is -0.137. The summed E-state index contributed by atoms with van der Waals surface area (Å²) in [4.78, 5) is 10.7. The summed E-state index contributed by atoms with van der Waals surface area (Å²) in [6.45, 7) is 0. The van der Waals surface area contributed by atoms with Gasteiger partial charge in [0, 0.05) is 16.9 Å². The van der Waals surface area contributed by atoms with Gasteiger partial charge in [0.2, 0.25) is 10.0 Å². The molecule has 1 aliphatic rings. The van der Waals surface area contributed by atoms with E-state index >= 15 is 0 Å². The van der Waals surface area contributed by atoms with Crippen molar-refractivity contribution in [1.29, 1.82) is 0 Å². The van der Waals surface area contributed by atoms with Crippen molar-refractivity contribution < 1.29 is 18.3 Å². The zero-order chi connectivity index (χ0) is 17.6. The first-order chi connectivity index (χ1) is 11.4. The predicted molar refractivity (Wildman–Crippen MR) is 96.2 cm³/mol. The fourth-order valence-electron chi connectivity index (χ4n) is 2.86. The number of aliphatic carboxylic acids is 1. The summed E-state index contributed by atoms with van der Waals surface area (Å²) in [5.74, 6) is -0.417. The molecule has 0 spiro atoms. The molecule has 2 atom stereocenters. The highest BCUT2D eigenvalue weighted by atomic mass is 79.9. The molecular weight excluding hydrogens is 394 g/mol. The Morgan fingerprint density at radius 2 is 2.00 bits per heavy atom. The number of hydrogen-bond donors (Lipinski definition) is 2. The number of allylic oxidation sites excluding steroid dienone is 2. The van der Waals surface area contributed by atoms with Crippen LogP contribution in [-0.4, -0.2) is 25.5 Å². The van der Waals surface area contributed by atoms with E-state index in [0.717, 1.165) is 30.2 Å². The van der Waals surface area contributed by atoms with Crippen LogP contribution in [-0.2, 0) is 14.8 Å². The van der Waals surface area contributed by atoms with Crippen LogP contribution >= 0.6 is 15.9 Å². The van der Waals surface area contributed by atoms with Gasteiger partial charge in [0.25, 0.3) is 0 Å². The molecule has 0 bridgehead atoms. The minimum absolute atomic E-state index is 0.0488. The quantitative estimate of drug-likeness (QED) is 0.500. The van der Waals surface area contributed by atoms with Crippen molar-refractivity contribution in [2.45, 2.75) is 49.5 Å². The SMILES string of the molecule is O=C(O)CCCC=C[C@@H]1CC[C@H](NS(=O)(=O)c2ccc(Br)cc2)C1. The van der Waals surface area contributed by atoms with Gasteiger partial charge in [0.05, 0.1) is 4.90 Å². The molecule has 1 aromatic carbocycles. The molecule has 2 N–H and O–H groups in total. The number of carbonyl (C=O) groups is 1. The third-order valence-electron chi connectivity index (χ3n) is 4.09. The molecule has 24 heavy (non-hydrogen) atoms. The van der Waals surface area contributed by atoms with Gasteiger partial charge in [-0.2, -0.15) is 0 Å². The second-order valence-electron chi connectivity index (χ2n) is 6.06. The number of unbranched alkanes of at least 4 members (excludes halogenated alkanes) is 1. The van der Waals surface area contributed by atoms with Gasteiger partial charge in [0.15, 0.2) is 0 Å². The molecule has 0 heterocycles. The summed E-state index contributed by atoms with van der Waals surface area (Å²) < 4.78 is 28.4. The predicted octanol–water partition coefficient (Wildman–Crippen LogP) is 3.71. The van der Waals surface area contributed by atoms with Crippen LogP contribution in [0.5, 0.6) is 0 Å². The first-order valence-corrected chi connectivity index (χ1v) is 10.3. The Balaban J connectivity index is 1.81. The summed E-state index contributed by atoms with van der Waals surface area (Å²) in [6, 6.07) is 6.55. The van der Waals surface area contributed by atoms with Gasteiger partial charge in [-0.05, 0) is 62.3 Å². The zero-order valence-corrected chi connectivity index (χ0v) is 15.7. The Kier molecular flexibility index (Phi) is 7.01. The van der Waals surface area contributed by atoms with E-state index in [1.54, 1.807) is 24.3 Å². The van der Waals surface area contributed by atoms with Crippen LogP contribution in [0.25, 0.3) is 0 Å². The maximum Gasteiger partial charge on any atom is 0.303 e. The fraction of sp³-hybridized carbons (Fsp3) is 0.471. The maximum atomic E-state index is 12.4. The van der Waals surface area contributed by atoms with Crippen molar-refractivity contribution in [2.24, 2.45) is 5.92 Å². The van der Waals surface area contributed by atoms with Crippen molar-refractivity contribution >= 4 is 31.9 Å². The standard InChI is InChI=1S/C17H22BrNO4S/c18-14-7-10-16(11-8-14)24(22,23)19-15-9-6-13(12-15)4-2-1-3-5-17(20)21/h2,4,7-8,10-11,13,15,19H,1,3,5-6,9,12H2,(H,20,21)/t13-,15+/m1/s1. The molecule has 0 unspecified atom stereocenters.